The van der Waals surface area contributed by atoms with Crippen LogP contribution in [0.4, 0.5) is 0 Å². The number of hydrogen-bond acceptors (Lipinski definition) is 1. The van der Waals surface area contributed by atoms with Crippen molar-refractivity contribution in [3.63, 3.8) is 0 Å². The van der Waals surface area contributed by atoms with E-state index in [4.69, 9.17) is 4.74 Å². The van der Waals surface area contributed by atoms with Crippen molar-refractivity contribution in [2.45, 2.75) is 52.4 Å². The molecule has 0 fully saturated rings. The van der Waals surface area contributed by atoms with Gasteiger partial charge >= 0.3 is 0 Å². The number of rotatable bonds is 8. The summed E-state index contributed by atoms with van der Waals surface area (Å²) in [6.45, 7) is 5.26. The molecular weight excluding hydrogens is 292 g/mol. The third kappa shape index (κ3) is 3.40. The fraction of sp³-hybridized carbons (Fsp3) is 0.391. The Morgan fingerprint density at radius 2 is 1.21 bits per heavy atom. The highest BCUT2D eigenvalue weighted by Crippen LogP contribution is 2.39. The van der Waals surface area contributed by atoms with Crippen LogP contribution in [0.3, 0.4) is 0 Å². The molecule has 3 aromatic rings. The fourth-order valence-electron chi connectivity index (χ4n) is 3.47. The standard InChI is InChI=1S/C23H28O/c1-3-5-7-12-18-19-13-8-10-15-21(19)23(24-17-6-4-2)22-16-11-9-14-20(18)22/h8-11,13-16H,3-7,12,17H2,1-2H3. The molecule has 24 heavy (non-hydrogen) atoms. The summed E-state index contributed by atoms with van der Waals surface area (Å²) in [6, 6.07) is 17.5. The summed E-state index contributed by atoms with van der Waals surface area (Å²) in [6.07, 6.45) is 7.20. The molecule has 0 aliphatic carbocycles. The Morgan fingerprint density at radius 3 is 1.75 bits per heavy atom. The summed E-state index contributed by atoms with van der Waals surface area (Å²) in [5.41, 5.74) is 1.48. The van der Waals surface area contributed by atoms with E-state index in [1.165, 1.54) is 46.4 Å². The molecule has 0 amide bonds. The van der Waals surface area contributed by atoms with Gasteiger partial charge in [0.15, 0.2) is 0 Å². The van der Waals surface area contributed by atoms with Crippen molar-refractivity contribution >= 4 is 21.5 Å². The maximum absolute atomic E-state index is 6.25. The van der Waals surface area contributed by atoms with Gasteiger partial charge in [-0.3, -0.25) is 0 Å². The molecule has 0 unspecified atom stereocenters. The average Bonchev–Trinajstić information content (AvgIpc) is 2.63. The Balaban J connectivity index is 2.17. The molecule has 3 aromatic carbocycles. The lowest BCUT2D eigenvalue weighted by Crippen LogP contribution is -2.00. The summed E-state index contributed by atoms with van der Waals surface area (Å²) in [5, 5.41) is 5.25. The first-order valence-corrected chi connectivity index (χ1v) is 9.42. The highest BCUT2D eigenvalue weighted by atomic mass is 16.5. The van der Waals surface area contributed by atoms with E-state index < -0.39 is 0 Å². The zero-order valence-electron chi connectivity index (χ0n) is 15.0. The summed E-state index contributed by atoms with van der Waals surface area (Å²) in [7, 11) is 0. The fourth-order valence-corrected chi connectivity index (χ4v) is 3.47. The highest BCUT2D eigenvalue weighted by Gasteiger charge is 2.14. The Kier molecular flexibility index (Phi) is 5.74. The highest BCUT2D eigenvalue weighted by molar-refractivity contribution is 6.08. The maximum atomic E-state index is 6.25. The summed E-state index contributed by atoms with van der Waals surface area (Å²) in [4.78, 5) is 0. The van der Waals surface area contributed by atoms with Crippen LogP contribution in [0, 0.1) is 0 Å². The lowest BCUT2D eigenvalue weighted by atomic mass is 9.92. The van der Waals surface area contributed by atoms with Gasteiger partial charge in [-0.2, -0.15) is 0 Å². The van der Waals surface area contributed by atoms with Crippen LogP contribution in [0.1, 0.15) is 51.5 Å². The summed E-state index contributed by atoms with van der Waals surface area (Å²) < 4.78 is 6.25. The Labute approximate surface area is 145 Å². The molecule has 0 atom stereocenters. The zero-order valence-corrected chi connectivity index (χ0v) is 15.0. The Bertz CT molecular complexity index is 679. The van der Waals surface area contributed by atoms with Crippen LogP contribution in [0.25, 0.3) is 21.5 Å². The van der Waals surface area contributed by atoms with Gasteiger partial charge in [0.05, 0.1) is 6.61 Å². The lowest BCUT2D eigenvalue weighted by molar-refractivity contribution is 0.316. The predicted molar refractivity (Wildman–Crippen MR) is 105 cm³/mol. The molecule has 0 radical (unpaired) electrons. The van der Waals surface area contributed by atoms with E-state index in [-0.39, 0.29) is 0 Å². The third-order valence-corrected chi connectivity index (χ3v) is 4.77. The second-order valence-electron chi connectivity index (χ2n) is 6.56. The van der Waals surface area contributed by atoms with Crippen molar-refractivity contribution < 1.29 is 4.74 Å². The van der Waals surface area contributed by atoms with Gasteiger partial charge in [0.1, 0.15) is 5.75 Å². The van der Waals surface area contributed by atoms with E-state index in [9.17, 15) is 0 Å². The van der Waals surface area contributed by atoms with Crippen molar-refractivity contribution in [2.75, 3.05) is 6.61 Å². The lowest BCUT2D eigenvalue weighted by Gasteiger charge is -2.17. The molecule has 0 aliphatic rings. The molecule has 0 saturated carbocycles. The molecule has 0 N–H and O–H groups in total. The van der Waals surface area contributed by atoms with E-state index >= 15 is 0 Å². The Morgan fingerprint density at radius 1 is 0.667 bits per heavy atom. The van der Waals surface area contributed by atoms with Crippen LogP contribution in [0.5, 0.6) is 5.75 Å². The van der Waals surface area contributed by atoms with Crippen molar-refractivity contribution in [3.8, 4) is 5.75 Å². The minimum Gasteiger partial charge on any atom is -0.492 e. The molecule has 1 nitrogen and oxygen atoms in total. The number of fused-ring (bicyclic) bond motifs is 2. The van der Waals surface area contributed by atoms with Crippen LogP contribution in [0.2, 0.25) is 0 Å². The van der Waals surface area contributed by atoms with Gasteiger partial charge in [0, 0.05) is 10.8 Å². The molecule has 0 heterocycles. The SMILES string of the molecule is CCCCCc1c2ccccc2c(OCCCC)c2ccccc12. The average molecular weight is 320 g/mol. The second kappa shape index (κ2) is 8.19. The molecular formula is C23H28O. The van der Waals surface area contributed by atoms with Crippen molar-refractivity contribution in [3.05, 3.63) is 54.1 Å². The Hall–Kier alpha value is -2.02. The van der Waals surface area contributed by atoms with E-state index in [0.29, 0.717) is 0 Å². The predicted octanol–water partition coefficient (Wildman–Crippen LogP) is 6.90. The summed E-state index contributed by atoms with van der Waals surface area (Å²) >= 11 is 0. The second-order valence-corrected chi connectivity index (χ2v) is 6.56. The first kappa shape index (κ1) is 16.8. The quantitative estimate of drug-likeness (QED) is 0.324. The largest absolute Gasteiger partial charge is 0.492 e. The van der Waals surface area contributed by atoms with Crippen LogP contribution in [0.15, 0.2) is 48.5 Å². The van der Waals surface area contributed by atoms with Crippen molar-refractivity contribution in [2.24, 2.45) is 0 Å². The van der Waals surface area contributed by atoms with E-state index in [1.807, 2.05) is 0 Å². The van der Waals surface area contributed by atoms with Crippen LogP contribution < -0.4 is 4.74 Å². The van der Waals surface area contributed by atoms with Crippen LogP contribution in [-0.4, -0.2) is 6.61 Å². The summed E-state index contributed by atoms with van der Waals surface area (Å²) in [5.74, 6) is 1.06. The van der Waals surface area contributed by atoms with E-state index in [0.717, 1.165) is 31.6 Å². The molecule has 0 bridgehead atoms. The van der Waals surface area contributed by atoms with Gasteiger partial charge in [0.2, 0.25) is 0 Å². The first-order valence-electron chi connectivity index (χ1n) is 9.42. The van der Waals surface area contributed by atoms with Gasteiger partial charge in [-0.05, 0) is 35.6 Å². The van der Waals surface area contributed by atoms with Gasteiger partial charge < -0.3 is 4.74 Å². The minimum atomic E-state index is 0.791. The van der Waals surface area contributed by atoms with Gasteiger partial charge in [-0.15, -0.1) is 0 Å². The van der Waals surface area contributed by atoms with Gasteiger partial charge in [-0.1, -0.05) is 81.6 Å². The topological polar surface area (TPSA) is 9.23 Å². The molecule has 0 aliphatic heterocycles. The molecule has 3 rings (SSSR count). The monoisotopic (exact) mass is 320 g/mol. The molecule has 126 valence electrons. The normalized spacial score (nSPS) is 11.2. The number of aryl methyl sites for hydroxylation is 1. The van der Waals surface area contributed by atoms with Crippen molar-refractivity contribution in [1.82, 2.24) is 0 Å². The smallest absolute Gasteiger partial charge is 0.134 e. The molecule has 0 aromatic heterocycles. The number of hydrogen-bond donors (Lipinski definition) is 0. The van der Waals surface area contributed by atoms with Gasteiger partial charge in [0.25, 0.3) is 0 Å². The molecule has 1 heteroatoms. The third-order valence-electron chi connectivity index (χ3n) is 4.77. The molecule has 0 saturated heterocycles. The minimum absolute atomic E-state index is 0.791. The first-order chi connectivity index (χ1) is 11.9. The zero-order chi connectivity index (χ0) is 16.8. The van der Waals surface area contributed by atoms with Crippen LogP contribution in [-0.2, 0) is 6.42 Å². The molecule has 0 spiro atoms. The van der Waals surface area contributed by atoms with Crippen molar-refractivity contribution in [1.29, 1.82) is 0 Å². The number of ether oxygens (including phenoxy) is 1. The maximum Gasteiger partial charge on any atom is 0.134 e. The van der Waals surface area contributed by atoms with Gasteiger partial charge in [-0.25, -0.2) is 0 Å². The van der Waals surface area contributed by atoms with E-state index in [2.05, 4.69) is 62.4 Å². The van der Waals surface area contributed by atoms with Crippen LogP contribution >= 0.6 is 0 Å². The van der Waals surface area contributed by atoms with E-state index in [1.54, 1.807) is 0 Å². The number of benzene rings is 3. The number of unbranched alkanes of at least 4 members (excludes halogenated alkanes) is 3.